The molecule has 0 saturated carbocycles. The van der Waals surface area contributed by atoms with Crippen molar-refractivity contribution in [3.63, 3.8) is 0 Å². The van der Waals surface area contributed by atoms with Crippen LogP contribution in [0.5, 0.6) is 17.2 Å². The molecule has 2 heterocycles. The second-order valence-electron chi connectivity index (χ2n) is 8.21. The molecule has 0 amide bonds. The average Bonchev–Trinajstić information content (AvgIpc) is 3.21. The first-order valence-electron chi connectivity index (χ1n) is 11.8. The van der Waals surface area contributed by atoms with Crippen molar-refractivity contribution in [3.8, 4) is 17.2 Å². The highest BCUT2D eigenvalue weighted by atomic mass is 79.9. The fourth-order valence-electron chi connectivity index (χ4n) is 4.15. The Hall–Kier alpha value is -3.63. The van der Waals surface area contributed by atoms with E-state index in [0.29, 0.717) is 48.9 Å². The summed E-state index contributed by atoms with van der Waals surface area (Å²) in [6, 6.07) is 10.2. The molecule has 0 radical (unpaired) electrons. The van der Waals surface area contributed by atoms with E-state index >= 15 is 0 Å². The van der Waals surface area contributed by atoms with Crippen molar-refractivity contribution in [1.29, 1.82) is 0 Å². The van der Waals surface area contributed by atoms with Crippen LogP contribution in [0.3, 0.4) is 0 Å². The number of aromatic nitrogens is 1. The smallest absolute Gasteiger partial charge is 0.338 e. The maximum Gasteiger partial charge on any atom is 0.338 e. The molecule has 4 rings (SSSR count). The minimum atomic E-state index is -0.700. The van der Waals surface area contributed by atoms with Gasteiger partial charge in [0.2, 0.25) is 0 Å². The van der Waals surface area contributed by atoms with Crippen LogP contribution in [0.1, 0.15) is 31.0 Å². The Bertz CT molecular complexity index is 1590. The van der Waals surface area contributed by atoms with Gasteiger partial charge in [0.15, 0.2) is 16.3 Å². The SMILES string of the molecule is C=CCOc1c(Br)cc(/C=c2/sc3n(c2=O)C(c2ccc(OC)cc2)C(C(=O)OCC)=C(C)N=3)cc1OC. The standard InChI is InChI=1S/C28H27BrN2O6S/c1-6-12-37-25-20(29)13-17(14-21(25)35-5)15-22-26(32)31-24(18-8-10-19(34-4)11-9-18)23(27(33)36-7-2)16(3)30-28(31)38-22/h6,8-11,13-15,24H,1,7,12H2,2-5H3/b22-15+. The van der Waals surface area contributed by atoms with E-state index in [-0.39, 0.29) is 12.2 Å². The van der Waals surface area contributed by atoms with Gasteiger partial charge in [-0.15, -0.1) is 0 Å². The summed E-state index contributed by atoms with van der Waals surface area (Å²) in [5.41, 5.74) is 2.02. The normalized spacial score (nSPS) is 15.0. The predicted octanol–water partition coefficient (Wildman–Crippen LogP) is 4.14. The summed E-state index contributed by atoms with van der Waals surface area (Å²) >= 11 is 4.78. The number of ether oxygens (including phenoxy) is 4. The van der Waals surface area contributed by atoms with Gasteiger partial charge in [-0.25, -0.2) is 9.79 Å². The fraction of sp³-hybridized carbons (Fsp3) is 0.250. The third kappa shape index (κ3) is 5.32. The largest absolute Gasteiger partial charge is 0.497 e. The van der Waals surface area contributed by atoms with E-state index in [1.165, 1.54) is 11.3 Å². The monoisotopic (exact) mass is 598 g/mol. The molecule has 198 valence electrons. The summed E-state index contributed by atoms with van der Waals surface area (Å²) in [4.78, 5) is 31.9. The molecule has 0 saturated heterocycles. The van der Waals surface area contributed by atoms with Gasteiger partial charge in [-0.1, -0.05) is 36.1 Å². The quantitative estimate of drug-likeness (QED) is 0.272. The van der Waals surface area contributed by atoms with Crippen molar-refractivity contribution in [1.82, 2.24) is 4.57 Å². The molecule has 0 bridgehead atoms. The molecule has 1 atom stereocenters. The van der Waals surface area contributed by atoms with Gasteiger partial charge in [0.05, 0.1) is 47.1 Å². The first-order valence-corrected chi connectivity index (χ1v) is 13.4. The molecule has 2 aromatic carbocycles. The third-order valence-electron chi connectivity index (χ3n) is 5.84. The molecule has 1 aliphatic heterocycles. The number of fused-ring (bicyclic) bond motifs is 1. The Balaban J connectivity index is 1.89. The number of methoxy groups -OCH3 is 2. The Morgan fingerprint density at radius 1 is 1.21 bits per heavy atom. The number of nitrogens with zero attached hydrogens (tertiary/aromatic N) is 2. The molecule has 38 heavy (non-hydrogen) atoms. The zero-order valence-electron chi connectivity index (χ0n) is 21.4. The summed E-state index contributed by atoms with van der Waals surface area (Å²) < 4.78 is 24.5. The summed E-state index contributed by atoms with van der Waals surface area (Å²) in [7, 11) is 3.13. The van der Waals surface area contributed by atoms with Crippen LogP contribution in [0.4, 0.5) is 0 Å². The third-order valence-corrected chi connectivity index (χ3v) is 7.42. The van der Waals surface area contributed by atoms with E-state index in [9.17, 15) is 9.59 Å². The van der Waals surface area contributed by atoms with Crippen molar-refractivity contribution >= 4 is 39.3 Å². The highest BCUT2D eigenvalue weighted by molar-refractivity contribution is 9.10. The molecular weight excluding hydrogens is 572 g/mol. The van der Waals surface area contributed by atoms with E-state index in [1.54, 1.807) is 63.0 Å². The number of rotatable bonds is 9. The number of esters is 1. The molecule has 1 aromatic heterocycles. The molecule has 3 aromatic rings. The van der Waals surface area contributed by atoms with Gasteiger partial charge >= 0.3 is 5.97 Å². The topological polar surface area (TPSA) is 88.4 Å². The van der Waals surface area contributed by atoms with E-state index in [1.807, 2.05) is 18.2 Å². The average molecular weight is 600 g/mol. The summed E-state index contributed by atoms with van der Waals surface area (Å²) in [5.74, 6) is 1.21. The Labute approximate surface area is 232 Å². The predicted molar refractivity (Wildman–Crippen MR) is 150 cm³/mol. The summed E-state index contributed by atoms with van der Waals surface area (Å²) in [6.45, 7) is 7.70. The number of hydrogen-bond donors (Lipinski definition) is 0. The lowest BCUT2D eigenvalue weighted by atomic mass is 9.96. The lowest BCUT2D eigenvalue weighted by molar-refractivity contribution is -0.139. The van der Waals surface area contributed by atoms with Crippen molar-refractivity contribution in [2.75, 3.05) is 27.4 Å². The molecule has 8 nitrogen and oxygen atoms in total. The van der Waals surface area contributed by atoms with Gasteiger partial charge in [0.1, 0.15) is 12.4 Å². The second kappa shape index (κ2) is 11.8. The van der Waals surface area contributed by atoms with E-state index in [4.69, 9.17) is 18.9 Å². The number of halogens is 1. The van der Waals surface area contributed by atoms with Crippen LogP contribution in [0.15, 0.2) is 74.6 Å². The molecule has 0 fully saturated rings. The first kappa shape index (κ1) is 27.4. The highest BCUT2D eigenvalue weighted by Crippen LogP contribution is 2.37. The lowest BCUT2D eigenvalue weighted by Gasteiger charge is -2.24. The molecule has 1 unspecified atom stereocenters. The second-order valence-corrected chi connectivity index (χ2v) is 10.1. The van der Waals surface area contributed by atoms with E-state index in [0.717, 1.165) is 11.1 Å². The number of carbonyl (C=O) groups is 1. The van der Waals surface area contributed by atoms with E-state index < -0.39 is 12.0 Å². The van der Waals surface area contributed by atoms with Crippen molar-refractivity contribution in [2.45, 2.75) is 19.9 Å². The highest BCUT2D eigenvalue weighted by Gasteiger charge is 2.33. The van der Waals surface area contributed by atoms with Crippen molar-refractivity contribution in [2.24, 2.45) is 4.99 Å². The zero-order valence-corrected chi connectivity index (χ0v) is 23.9. The number of carbonyl (C=O) groups excluding carboxylic acids is 1. The van der Waals surface area contributed by atoms with Gasteiger partial charge in [-0.2, -0.15) is 0 Å². The van der Waals surface area contributed by atoms with Crippen LogP contribution in [-0.2, 0) is 9.53 Å². The van der Waals surface area contributed by atoms with Gasteiger partial charge in [0.25, 0.3) is 5.56 Å². The van der Waals surface area contributed by atoms with Crippen LogP contribution in [-0.4, -0.2) is 38.0 Å². The lowest BCUT2D eigenvalue weighted by Crippen LogP contribution is -2.39. The molecule has 10 heteroatoms. The maximum atomic E-state index is 13.8. The van der Waals surface area contributed by atoms with Gasteiger partial charge in [-0.05, 0) is 71.2 Å². The van der Waals surface area contributed by atoms with Gasteiger partial charge in [-0.3, -0.25) is 9.36 Å². The minimum Gasteiger partial charge on any atom is -0.497 e. The molecule has 0 spiro atoms. The van der Waals surface area contributed by atoms with Crippen molar-refractivity contribution in [3.05, 3.63) is 95.6 Å². The maximum absolute atomic E-state index is 13.8. The Morgan fingerprint density at radius 3 is 2.58 bits per heavy atom. The van der Waals surface area contributed by atoms with Crippen LogP contribution < -0.4 is 29.1 Å². The van der Waals surface area contributed by atoms with Crippen LogP contribution in [0.25, 0.3) is 6.08 Å². The molecule has 0 N–H and O–H groups in total. The first-order chi connectivity index (χ1) is 18.3. The van der Waals surface area contributed by atoms with E-state index in [2.05, 4.69) is 27.5 Å². The Kier molecular flexibility index (Phi) is 8.53. The Morgan fingerprint density at radius 2 is 1.95 bits per heavy atom. The van der Waals surface area contributed by atoms with Crippen molar-refractivity contribution < 1.29 is 23.7 Å². The molecule has 0 aliphatic carbocycles. The number of benzene rings is 2. The number of allylic oxidation sites excluding steroid dienone is 1. The summed E-state index contributed by atoms with van der Waals surface area (Å²) in [5, 5.41) is 0. The molecule has 1 aliphatic rings. The number of hydrogen-bond acceptors (Lipinski definition) is 8. The summed E-state index contributed by atoms with van der Waals surface area (Å²) in [6.07, 6.45) is 3.41. The van der Waals surface area contributed by atoms with Gasteiger partial charge in [0, 0.05) is 0 Å². The van der Waals surface area contributed by atoms with Crippen LogP contribution in [0.2, 0.25) is 0 Å². The van der Waals surface area contributed by atoms with Crippen LogP contribution in [0, 0.1) is 0 Å². The number of thiazole rings is 1. The minimum absolute atomic E-state index is 0.207. The van der Waals surface area contributed by atoms with Crippen LogP contribution >= 0.6 is 27.3 Å². The fourth-order valence-corrected chi connectivity index (χ4v) is 5.77. The zero-order chi connectivity index (χ0) is 27.4. The molecular formula is C28H27BrN2O6S. The van der Waals surface area contributed by atoms with Gasteiger partial charge < -0.3 is 18.9 Å².